The van der Waals surface area contributed by atoms with Crippen LogP contribution in [0.1, 0.15) is 33.3 Å². The van der Waals surface area contributed by atoms with E-state index in [-0.39, 0.29) is 47.0 Å². The van der Waals surface area contributed by atoms with E-state index >= 15 is 0 Å². The highest BCUT2D eigenvalue weighted by molar-refractivity contribution is 14.0. The maximum Gasteiger partial charge on any atom is 0.222 e. The van der Waals surface area contributed by atoms with Gasteiger partial charge in [0.2, 0.25) is 5.91 Å². The molecule has 148 valence electrons. The van der Waals surface area contributed by atoms with Crippen molar-refractivity contribution in [2.45, 2.75) is 33.1 Å². The van der Waals surface area contributed by atoms with E-state index in [1.165, 1.54) is 12.1 Å². The number of aliphatic imine (C=N–C) groups is 1. The average Bonchev–Trinajstić information content (AvgIpc) is 2.53. The van der Waals surface area contributed by atoms with Gasteiger partial charge in [-0.2, -0.15) is 0 Å². The number of amides is 1. The molecule has 0 saturated heterocycles. The molecule has 0 aliphatic rings. The number of carbonyl (C=O) groups excluding carboxylic acids is 1. The van der Waals surface area contributed by atoms with Crippen LogP contribution in [-0.2, 0) is 10.2 Å². The van der Waals surface area contributed by atoms with Crippen LogP contribution in [0.15, 0.2) is 23.2 Å². The minimum absolute atomic E-state index is 0. The third kappa shape index (κ3) is 8.07. The Morgan fingerprint density at radius 3 is 2.38 bits per heavy atom. The Labute approximate surface area is 177 Å². The smallest absolute Gasteiger partial charge is 0.222 e. The van der Waals surface area contributed by atoms with Crippen molar-refractivity contribution in [1.29, 1.82) is 0 Å². The topological polar surface area (TPSA) is 65.5 Å². The van der Waals surface area contributed by atoms with Gasteiger partial charge in [0.05, 0.1) is 0 Å². The molecular weight excluding hydrogens is 470 g/mol. The maximum atomic E-state index is 13.2. The maximum absolute atomic E-state index is 13.2. The summed E-state index contributed by atoms with van der Waals surface area (Å²) in [4.78, 5) is 15.7. The third-order valence-corrected chi connectivity index (χ3v) is 4.14. The van der Waals surface area contributed by atoms with Gasteiger partial charge in [0.25, 0.3) is 0 Å². The van der Waals surface area contributed by atoms with Crippen LogP contribution in [0.2, 0.25) is 5.02 Å². The lowest BCUT2D eigenvalue weighted by Crippen LogP contribution is -2.45. The Kier molecular flexibility index (Phi) is 11.1. The zero-order valence-corrected chi connectivity index (χ0v) is 19.0. The summed E-state index contributed by atoms with van der Waals surface area (Å²) in [5.74, 6) is 0.277. The van der Waals surface area contributed by atoms with Crippen LogP contribution in [0.4, 0.5) is 4.39 Å². The van der Waals surface area contributed by atoms with Gasteiger partial charge in [-0.15, -0.1) is 24.0 Å². The summed E-state index contributed by atoms with van der Waals surface area (Å²) in [6.45, 7) is 9.40. The Bertz CT molecular complexity index is 623. The number of carbonyl (C=O) groups is 1. The van der Waals surface area contributed by atoms with Gasteiger partial charge in [0.1, 0.15) is 5.82 Å². The van der Waals surface area contributed by atoms with Crippen LogP contribution in [-0.4, -0.2) is 38.5 Å². The number of nitrogens with zero attached hydrogens (tertiary/aromatic N) is 1. The van der Waals surface area contributed by atoms with Crippen LogP contribution in [0.25, 0.3) is 0 Å². The molecule has 1 amide bonds. The summed E-state index contributed by atoms with van der Waals surface area (Å²) < 4.78 is 13.2. The predicted octanol–water partition coefficient (Wildman–Crippen LogP) is 3.31. The predicted molar refractivity (Wildman–Crippen MR) is 117 cm³/mol. The van der Waals surface area contributed by atoms with Crippen LogP contribution in [0.3, 0.4) is 0 Å². The van der Waals surface area contributed by atoms with E-state index in [1.807, 2.05) is 27.7 Å². The second-order valence-electron chi connectivity index (χ2n) is 6.81. The van der Waals surface area contributed by atoms with Crippen molar-refractivity contribution >= 4 is 47.4 Å². The summed E-state index contributed by atoms with van der Waals surface area (Å²) in [7, 11) is 1.68. The van der Waals surface area contributed by atoms with Gasteiger partial charge >= 0.3 is 0 Å². The lowest BCUT2D eigenvalue weighted by atomic mass is 9.84. The van der Waals surface area contributed by atoms with Crippen molar-refractivity contribution in [2.75, 3.05) is 26.7 Å². The molecule has 26 heavy (non-hydrogen) atoms. The quantitative estimate of drug-likeness (QED) is 0.234. The molecule has 5 nitrogen and oxygen atoms in total. The number of rotatable bonds is 7. The molecule has 0 atom stereocenters. The minimum Gasteiger partial charge on any atom is -0.356 e. The number of hydrogen-bond acceptors (Lipinski definition) is 2. The number of benzene rings is 1. The monoisotopic (exact) mass is 498 g/mol. The van der Waals surface area contributed by atoms with Gasteiger partial charge in [0, 0.05) is 43.0 Å². The molecule has 0 saturated carbocycles. The first kappa shape index (κ1) is 24.9. The van der Waals surface area contributed by atoms with Crippen molar-refractivity contribution in [3.63, 3.8) is 0 Å². The zero-order valence-electron chi connectivity index (χ0n) is 16.0. The summed E-state index contributed by atoms with van der Waals surface area (Å²) in [6, 6.07) is 4.44. The highest BCUT2D eigenvalue weighted by Crippen LogP contribution is 2.29. The lowest BCUT2D eigenvalue weighted by Gasteiger charge is -2.27. The van der Waals surface area contributed by atoms with E-state index < -0.39 is 0 Å². The van der Waals surface area contributed by atoms with Crippen LogP contribution >= 0.6 is 35.6 Å². The molecule has 0 bridgehead atoms. The molecule has 3 N–H and O–H groups in total. The molecule has 0 spiro atoms. The fraction of sp³-hybridized carbons (Fsp3) is 0.556. The third-order valence-electron chi connectivity index (χ3n) is 3.82. The minimum atomic E-state index is -0.349. The molecular formula is C18H29ClFIN4O. The van der Waals surface area contributed by atoms with E-state index in [0.29, 0.717) is 30.6 Å². The first-order valence-electron chi connectivity index (χ1n) is 8.35. The molecule has 0 fully saturated rings. The average molecular weight is 499 g/mol. The standard InChI is InChI=1S/C18H28ClFN4O.HI/c1-12(2)16(25)22-8-9-23-17(21-5)24-11-18(3,4)14-7-6-13(20)10-15(14)19;/h6-7,10,12H,8-9,11H2,1-5H3,(H,22,25)(H2,21,23,24);1H. The van der Waals surface area contributed by atoms with Crippen LogP contribution in [0.5, 0.6) is 0 Å². The first-order valence-corrected chi connectivity index (χ1v) is 8.73. The van der Waals surface area contributed by atoms with Gasteiger partial charge in [-0.25, -0.2) is 4.39 Å². The molecule has 0 aliphatic heterocycles. The van der Waals surface area contributed by atoms with E-state index in [4.69, 9.17) is 11.6 Å². The van der Waals surface area contributed by atoms with E-state index in [9.17, 15) is 9.18 Å². The SMILES string of the molecule is CN=C(NCCNC(=O)C(C)C)NCC(C)(C)c1ccc(F)cc1Cl.I. The second kappa shape index (κ2) is 11.6. The van der Waals surface area contributed by atoms with Crippen molar-refractivity contribution in [1.82, 2.24) is 16.0 Å². The van der Waals surface area contributed by atoms with Gasteiger partial charge in [0.15, 0.2) is 5.96 Å². The molecule has 1 rings (SSSR count). The van der Waals surface area contributed by atoms with Gasteiger partial charge in [-0.1, -0.05) is 45.4 Å². The van der Waals surface area contributed by atoms with E-state index in [2.05, 4.69) is 20.9 Å². The molecule has 8 heteroatoms. The summed E-state index contributed by atoms with van der Waals surface area (Å²) in [5.41, 5.74) is 0.552. The summed E-state index contributed by atoms with van der Waals surface area (Å²) in [5, 5.41) is 9.62. The summed E-state index contributed by atoms with van der Waals surface area (Å²) in [6.07, 6.45) is 0. The highest BCUT2D eigenvalue weighted by Gasteiger charge is 2.24. The highest BCUT2D eigenvalue weighted by atomic mass is 127. The number of nitrogens with one attached hydrogen (secondary N) is 3. The molecule has 0 aliphatic carbocycles. The summed E-state index contributed by atoms with van der Waals surface area (Å²) >= 11 is 6.17. The molecule has 0 unspecified atom stereocenters. The zero-order chi connectivity index (χ0) is 19.0. The molecule has 1 aromatic carbocycles. The molecule has 1 aromatic rings. The van der Waals surface area contributed by atoms with Crippen molar-refractivity contribution in [3.8, 4) is 0 Å². The normalized spacial score (nSPS) is 11.8. The first-order chi connectivity index (χ1) is 11.7. The number of guanidine groups is 1. The number of halogens is 3. The fourth-order valence-corrected chi connectivity index (χ4v) is 2.65. The Morgan fingerprint density at radius 2 is 1.85 bits per heavy atom. The Balaban J connectivity index is 0.00000625. The van der Waals surface area contributed by atoms with E-state index in [0.717, 1.165) is 5.56 Å². The van der Waals surface area contributed by atoms with E-state index in [1.54, 1.807) is 13.1 Å². The van der Waals surface area contributed by atoms with Crippen molar-refractivity contribution < 1.29 is 9.18 Å². The van der Waals surface area contributed by atoms with Crippen LogP contribution in [0, 0.1) is 11.7 Å². The van der Waals surface area contributed by atoms with Gasteiger partial charge < -0.3 is 16.0 Å². The van der Waals surface area contributed by atoms with Gasteiger partial charge in [-0.05, 0) is 17.7 Å². The Morgan fingerprint density at radius 1 is 1.23 bits per heavy atom. The van der Waals surface area contributed by atoms with Crippen molar-refractivity contribution in [3.05, 3.63) is 34.6 Å². The molecule has 0 radical (unpaired) electrons. The largest absolute Gasteiger partial charge is 0.356 e. The van der Waals surface area contributed by atoms with Gasteiger partial charge in [-0.3, -0.25) is 9.79 Å². The molecule has 0 aromatic heterocycles. The lowest BCUT2D eigenvalue weighted by molar-refractivity contribution is -0.123. The second-order valence-corrected chi connectivity index (χ2v) is 7.21. The number of hydrogen-bond donors (Lipinski definition) is 3. The molecule has 0 heterocycles. The Hall–Kier alpha value is -1.09. The van der Waals surface area contributed by atoms with Crippen molar-refractivity contribution in [2.24, 2.45) is 10.9 Å². The van der Waals surface area contributed by atoms with Crippen LogP contribution < -0.4 is 16.0 Å². The fourth-order valence-electron chi connectivity index (χ4n) is 2.23.